The van der Waals surface area contributed by atoms with Crippen molar-refractivity contribution in [2.75, 3.05) is 40.2 Å². The first kappa shape index (κ1) is 22.9. The normalized spacial score (nSPS) is 15.4. The Morgan fingerprint density at radius 1 is 1.23 bits per heavy atom. The quantitative estimate of drug-likeness (QED) is 0.525. The Labute approximate surface area is 201 Å². The van der Waals surface area contributed by atoms with Gasteiger partial charge in [0.25, 0.3) is 5.91 Å². The van der Waals surface area contributed by atoms with Crippen molar-refractivity contribution in [2.45, 2.75) is 25.8 Å². The number of carbonyl (C=O) groups is 2. The third kappa shape index (κ3) is 4.34. The molecular weight excluding hydrogens is 454 g/mol. The van der Waals surface area contributed by atoms with Crippen LogP contribution in [0.5, 0.6) is 17.2 Å². The minimum atomic E-state index is -0.231. The van der Waals surface area contributed by atoms with Gasteiger partial charge in [-0.1, -0.05) is 0 Å². The lowest BCUT2D eigenvalue weighted by Crippen LogP contribution is -2.47. The predicted octanol–water partition coefficient (Wildman–Crippen LogP) is 2.12. The first-order chi connectivity index (χ1) is 17.1. The van der Waals surface area contributed by atoms with Crippen LogP contribution in [0.3, 0.4) is 0 Å². The van der Waals surface area contributed by atoms with Crippen LogP contribution in [0.4, 0.5) is 0 Å². The van der Waals surface area contributed by atoms with Gasteiger partial charge in [0.15, 0.2) is 11.5 Å². The third-order valence-corrected chi connectivity index (χ3v) is 6.20. The van der Waals surface area contributed by atoms with Crippen molar-refractivity contribution in [3.05, 3.63) is 30.2 Å². The monoisotopic (exact) mass is 481 g/mol. The molecule has 0 radical (unpaired) electrons. The van der Waals surface area contributed by atoms with Crippen LogP contribution in [-0.2, 0) is 9.53 Å². The van der Waals surface area contributed by atoms with Gasteiger partial charge >= 0.3 is 0 Å². The molecule has 2 aliphatic heterocycles. The highest BCUT2D eigenvalue weighted by atomic mass is 16.7. The third-order valence-electron chi connectivity index (χ3n) is 6.20. The highest BCUT2D eigenvalue weighted by molar-refractivity contribution is 6.08. The molecule has 0 unspecified atom stereocenters. The molecule has 1 aromatic carbocycles. The van der Waals surface area contributed by atoms with E-state index in [-0.39, 0.29) is 31.3 Å². The number of nitrogens with one attached hydrogen (secondary N) is 2. The van der Waals surface area contributed by atoms with E-state index in [1.54, 1.807) is 17.2 Å². The number of nitrogens with zero attached hydrogens (tertiary/aromatic N) is 3. The maximum atomic E-state index is 13.1. The summed E-state index contributed by atoms with van der Waals surface area (Å²) >= 11 is 0. The minimum Gasteiger partial charge on any atom is -0.493 e. The van der Waals surface area contributed by atoms with Crippen LogP contribution in [0, 0.1) is 0 Å². The Kier molecular flexibility index (Phi) is 6.41. The van der Waals surface area contributed by atoms with Crippen LogP contribution in [0.25, 0.3) is 22.3 Å². The van der Waals surface area contributed by atoms with Gasteiger partial charge in [0.2, 0.25) is 12.7 Å². The first-order valence-electron chi connectivity index (χ1n) is 11.6. The standard InChI is InChI=1S/C24H27N5O6/c1-3-33-16-4-5-17-23(35-13-34-17)19(16)21-22-20(26-12-27-21)15(10-25-22)24(31)28-14-6-8-29(9-7-14)18(30)11-32-2/h4-5,10,12,14,25H,3,6-9,11,13H2,1-2H3,(H,28,31). The van der Waals surface area contributed by atoms with Crippen LogP contribution >= 0.6 is 0 Å². The SMILES string of the molecule is CCOc1ccc2c(c1-c1ncnc3c(C(=O)NC4CCN(C(=O)COC)CC4)c[nH]c13)OCO2. The van der Waals surface area contributed by atoms with Gasteiger partial charge in [0, 0.05) is 32.4 Å². The lowest BCUT2D eigenvalue weighted by molar-refractivity contribution is -0.136. The molecular formula is C24H27N5O6. The average molecular weight is 482 g/mol. The van der Waals surface area contributed by atoms with E-state index in [0.29, 0.717) is 77.6 Å². The molecule has 2 aromatic heterocycles. The van der Waals surface area contributed by atoms with Gasteiger partial charge in [-0.05, 0) is 31.9 Å². The van der Waals surface area contributed by atoms with Crippen LogP contribution in [0.1, 0.15) is 30.1 Å². The summed E-state index contributed by atoms with van der Waals surface area (Å²) < 4.78 is 22.0. The first-order valence-corrected chi connectivity index (χ1v) is 11.6. The number of amides is 2. The molecule has 1 saturated heterocycles. The molecule has 3 aromatic rings. The van der Waals surface area contributed by atoms with Gasteiger partial charge in [0.1, 0.15) is 29.9 Å². The molecule has 0 aliphatic carbocycles. The second-order valence-electron chi connectivity index (χ2n) is 8.32. The largest absolute Gasteiger partial charge is 0.493 e. The Balaban J connectivity index is 1.39. The molecule has 0 bridgehead atoms. The van der Waals surface area contributed by atoms with Gasteiger partial charge in [-0.25, -0.2) is 9.97 Å². The fourth-order valence-electron chi connectivity index (χ4n) is 4.51. The molecule has 11 heteroatoms. The number of carbonyl (C=O) groups excluding carboxylic acids is 2. The summed E-state index contributed by atoms with van der Waals surface area (Å²) in [4.78, 5) is 39.0. The van der Waals surface area contributed by atoms with Crippen molar-refractivity contribution >= 4 is 22.8 Å². The van der Waals surface area contributed by atoms with Crippen molar-refractivity contribution in [3.63, 3.8) is 0 Å². The van der Waals surface area contributed by atoms with Crippen molar-refractivity contribution in [3.8, 4) is 28.5 Å². The maximum absolute atomic E-state index is 13.1. The van der Waals surface area contributed by atoms with E-state index in [2.05, 4.69) is 20.3 Å². The zero-order valence-electron chi connectivity index (χ0n) is 19.6. The number of fused-ring (bicyclic) bond motifs is 2. The van der Waals surface area contributed by atoms with E-state index in [0.717, 1.165) is 0 Å². The van der Waals surface area contributed by atoms with Crippen molar-refractivity contribution in [1.82, 2.24) is 25.2 Å². The second-order valence-corrected chi connectivity index (χ2v) is 8.32. The fraction of sp³-hybridized carbons (Fsp3) is 0.417. The maximum Gasteiger partial charge on any atom is 0.255 e. The molecule has 2 amide bonds. The van der Waals surface area contributed by atoms with Crippen LogP contribution in [0.2, 0.25) is 0 Å². The molecule has 0 spiro atoms. The minimum absolute atomic E-state index is 0.0344. The number of aromatic nitrogens is 3. The summed E-state index contributed by atoms with van der Waals surface area (Å²) in [5, 5.41) is 3.08. The number of ether oxygens (including phenoxy) is 4. The Hall–Kier alpha value is -3.86. The molecule has 4 heterocycles. The topological polar surface area (TPSA) is 128 Å². The summed E-state index contributed by atoms with van der Waals surface area (Å²) in [6.45, 7) is 3.71. The van der Waals surface area contributed by atoms with E-state index < -0.39 is 0 Å². The summed E-state index contributed by atoms with van der Waals surface area (Å²) in [6, 6.07) is 3.59. The zero-order chi connectivity index (χ0) is 24.4. The van der Waals surface area contributed by atoms with E-state index in [1.807, 2.05) is 13.0 Å². The van der Waals surface area contributed by atoms with Crippen molar-refractivity contribution < 1.29 is 28.5 Å². The molecule has 35 heavy (non-hydrogen) atoms. The Bertz CT molecular complexity index is 1250. The lowest BCUT2D eigenvalue weighted by Gasteiger charge is -2.32. The van der Waals surface area contributed by atoms with Gasteiger partial charge in [-0.15, -0.1) is 0 Å². The number of likely N-dealkylation sites (tertiary alicyclic amines) is 1. The molecule has 2 aliphatic rings. The summed E-state index contributed by atoms with van der Waals surface area (Å²) in [5.74, 6) is 1.49. The molecule has 5 rings (SSSR count). The van der Waals surface area contributed by atoms with Crippen LogP contribution in [-0.4, -0.2) is 77.9 Å². The number of H-pyrrole nitrogens is 1. The fourth-order valence-corrected chi connectivity index (χ4v) is 4.51. The lowest BCUT2D eigenvalue weighted by atomic mass is 10.0. The molecule has 0 saturated carbocycles. The van der Waals surface area contributed by atoms with E-state index in [1.165, 1.54) is 13.4 Å². The number of piperidine rings is 1. The number of hydrogen-bond donors (Lipinski definition) is 2. The van der Waals surface area contributed by atoms with Crippen LogP contribution in [0.15, 0.2) is 24.7 Å². The molecule has 1 fully saturated rings. The second kappa shape index (κ2) is 9.79. The zero-order valence-corrected chi connectivity index (χ0v) is 19.6. The van der Waals surface area contributed by atoms with E-state index in [4.69, 9.17) is 18.9 Å². The molecule has 0 atom stereocenters. The number of rotatable bonds is 7. The Morgan fingerprint density at radius 2 is 2.06 bits per heavy atom. The van der Waals surface area contributed by atoms with Crippen LogP contribution < -0.4 is 19.5 Å². The molecule has 184 valence electrons. The number of aromatic amines is 1. The van der Waals surface area contributed by atoms with Gasteiger partial charge in [-0.3, -0.25) is 9.59 Å². The smallest absolute Gasteiger partial charge is 0.255 e. The van der Waals surface area contributed by atoms with Crippen molar-refractivity contribution in [2.24, 2.45) is 0 Å². The highest BCUT2D eigenvalue weighted by Crippen LogP contribution is 2.47. The number of benzene rings is 1. The number of methoxy groups -OCH3 is 1. The van der Waals surface area contributed by atoms with Gasteiger partial charge in [0.05, 0.1) is 23.3 Å². The average Bonchev–Trinajstić information content (AvgIpc) is 3.52. The predicted molar refractivity (Wildman–Crippen MR) is 126 cm³/mol. The Morgan fingerprint density at radius 3 is 2.83 bits per heavy atom. The summed E-state index contributed by atoms with van der Waals surface area (Å²) in [7, 11) is 1.50. The summed E-state index contributed by atoms with van der Waals surface area (Å²) in [5.41, 5.74) is 2.73. The van der Waals surface area contributed by atoms with Crippen molar-refractivity contribution in [1.29, 1.82) is 0 Å². The highest BCUT2D eigenvalue weighted by Gasteiger charge is 2.28. The van der Waals surface area contributed by atoms with Gasteiger partial charge < -0.3 is 34.1 Å². The molecule has 2 N–H and O–H groups in total. The van der Waals surface area contributed by atoms with E-state index in [9.17, 15) is 9.59 Å². The van der Waals surface area contributed by atoms with E-state index >= 15 is 0 Å². The number of hydrogen-bond acceptors (Lipinski definition) is 8. The summed E-state index contributed by atoms with van der Waals surface area (Å²) in [6.07, 6.45) is 4.41. The molecule has 11 nitrogen and oxygen atoms in total. The van der Waals surface area contributed by atoms with Gasteiger partial charge in [-0.2, -0.15) is 0 Å².